The minimum absolute atomic E-state index is 0.133. The molecule has 0 unspecified atom stereocenters. The summed E-state index contributed by atoms with van der Waals surface area (Å²) < 4.78 is 0. The highest BCUT2D eigenvalue weighted by atomic mass is 35.5. The first kappa shape index (κ1) is 8.99. The molecule has 1 aliphatic heterocycles. The van der Waals surface area contributed by atoms with Crippen molar-refractivity contribution in [3.8, 4) is 6.07 Å². The highest BCUT2D eigenvalue weighted by Gasteiger charge is 2.50. The van der Waals surface area contributed by atoms with Crippen LogP contribution >= 0.6 is 11.6 Å². The molecule has 1 saturated carbocycles. The third-order valence-electron chi connectivity index (χ3n) is 3.48. The maximum atomic E-state index is 8.82. The summed E-state index contributed by atoms with van der Waals surface area (Å²) in [7, 11) is 0. The Morgan fingerprint density at radius 2 is 2.40 bits per heavy atom. The SMILES string of the molecule is N#C[C@H]1C[C@@]2(CNc3ncc(Cl)cc32)C1. The summed E-state index contributed by atoms with van der Waals surface area (Å²) in [6.45, 7) is 0.897. The number of nitrogens with zero attached hydrogens (tertiary/aromatic N) is 2. The van der Waals surface area contributed by atoms with Gasteiger partial charge in [0, 0.05) is 29.6 Å². The van der Waals surface area contributed by atoms with Crippen molar-refractivity contribution in [3.05, 3.63) is 22.8 Å². The van der Waals surface area contributed by atoms with Gasteiger partial charge in [-0.2, -0.15) is 5.26 Å². The minimum Gasteiger partial charge on any atom is -0.369 e. The second kappa shape index (κ2) is 2.86. The third kappa shape index (κ3) is 1.15. The van der Waals surface area contributed by atoms with Gasteiger partial charge in [0.25, 0.3) is 0 Å². The van der Waals surface area contributed by atoms with Gasteiger partial charge < -0.3 is 5.32 Å². The third-order valence-corrected chi connectivity index (χ3v) is 3.68. The van der Waals surface area contributed by atoms with Crippen molar-refractivity contribution < 1.29 is 0 Å². The van der Waals surface area contributed by atoms with E-state index in [1.165, 1.54) is 5.56 Å². The lowest BCUT2D eigenvalue weighted by atomic mass is 9.60. The van der Waals surface area contributed by atoms with Gasteiger partial charge >= 0.3 is 0 Å². The maximum absolute atomic E-state index is 8.82. The van der Waals surface area contributed by atoms with Gasteiger partial charge in [-0.3, -0.25) is 0 Å². The number of anilines is 1. The van der Waals surface area contributed by atoms with Gasteiger partial charge in [0.1, 0.15) is 5.82 Å². The largest absolute Gasteiger partial charge is 0.369 e. The van der Waals surface area contributed by atoms with Crippen LogP contribution in [0.1, 0.15) is 18.4 Å². The van der Waals surface area contributed by atoms with Gasteiger partial charge in [0.15, 0.2) is 0 Å². The predicted molar refractivity (Wildman–Crippen MR) is 57.8 cm³/mol. The van der Waals surface area contributed by atoms with E-state index in [9.17, 15) is 0 Å². The molecule has 0 aromatic carbocycles. The number of hydrogen-bond donors (Lipinski definition) is 1. The Hall–Kier alpha value is -1.27. The first-order chi connectivity index (χ1) is 7.23. The average molecular weight is 220 g/mol. The van der Waals surface area contributed by atoms with E-state index in [4.69, 9.17) is 16.9 Å². The van der Waals surface area contributed by atoms with Crippen LogP contribution in [0.25, 0.3) is 0 Å². The molecule has 0 atom stereocenters. The van der Waals surface area contributed by atoms with Crippen molar-refractivity contribution in [2.24, 2.45) is 5.92 Å². The lowest BCUT2D eigenvalue weighted by molar-refractivity contribution is 0.208. The highest BCUT2D eigenvalue weighted by Crippen LogP contribution is 2.52. The molecule has 0 radical (unpaired) electrons. The van der Waals surface area contributed by atoms with Crippen LogP contribution in [0.15, 0.2) is 12.3 Å². The van der Waals surface area contributed by atoms with Gasteiger partial charge in [-0.05, 0) is 18.9 Å². The molecule has 1 spiro atoms. The molecule has 1 aromatic heterocycles. The van der Waals surface area contributed by atoms with Gasteiger partial charge in [-0.25, -0.2) is 4.98 Å². The Labute approximate surface area is 93.1 Å². The van der Waals surface area contributed by atoms with Gasteiger partial charge in [0.2, 0.25) is 0 Å². The van der Waals surface area contributed by atoms with E-state index in [0.29, 0.717) is 5.02 Å². The molecular formula is C11H10ClN3. The molecule has 2 heterocycles. The molecule has 1 aromatic rings. The maximum Gasteiger partial charge on any atom is 0.129 e. The fourth-order valence-electron chi connectivity index (χ4n) is 2.67. The summed E-state index contributed by atoms with van der Waals surface area (Å²) in [5.41, 5.74) is 1.33. The zero-order chi connectivity index (χ0) is 10.5. The monoisotopic (exact) mass is 219 g/mol. The molecular weight excluding hydrogens is 210 g/mol. The summed E-state index contributed by atoms with van der Waals surface area (Å²) in [4.78, 5) is 4.26. The second-order valence-corrected chi connectivity index (χ2v) is 4.85. The van der Waals surface area contributed by atoms with E-state index in [0.717, 1.165) is 25.2 Å². The van der Waals surface area contributed by atoms with Crippen LogP contribution in [0.4, 0.5) is 5.82 Å². The standard InChI is InChI=1S/C11H10ClN3/c12-8-1-9-10(14-5-8)15-6-11(9)2-7(3-11)4-13/h1,5,7H,2-3,6H2,(H,14,15)/t7-,11-. The predicted octanol–water partition coefficient (Wildman–Crippen LogP) is 2.33. The first-order valence-electron chi connectivity index (χ1n) is 5.03. The van der Waals surface area contributed by atoms with Gasteiger partial charge in [-0.1, -0.05) is 11.6 Å². The van der Waals surface area contributed by atoms with Crippen molar-refractivity contribution in [2.75, 3.05) is 11.9 Å². The van der Waals surface area contributed by atoms with E-state index in [2.05, 4.69) is 16.4 Å². The van der Waals surface area contributed by atoms with Gasteiger partial charge in [0.05, 0.1) is 11.1 Å². The van der Waals surface area contributed by atoms with Crippen molar-refractivity contribution in [1.82, 2.24) is 4.98 Å². The molecule has 1 fully saturated rings. The average Bonchev–Trinajstić information content (AvgIpc) is 2.54. The Morgan fingerprint density at radius 1 is 1.60 bits per heavy atom. The lowest BCUT2D eigenvalue weighted by Gasteiger charge is -2.41. The lowest BCUT2D eigenvalue weighted by Crippen LogP contribution is -2.42. The topological polar surface area (TPSA) is 48.7 Å². The zero-order valence-corrected chi connectivity index (χ0v) is 8.88. The van der Waals surface area contributed by atoms with E-state index in [1.54, 1.807) is 6.20 Å². The Bertz CT molecular complexity index is 457. The summed E-state index contributed by atoms with van der Waals surface area (Å²) in [5.74, 6) is 1.15. The van der Waals surface area contributed by atoms with Crippen LogP contribution < -0.4 is 5.32 Å². The fourth-order valence-corrected chi connectivity index (χ4v) is 2.83. The number of nitrogens with one attached hydrogen (secondary N) is 1. The molecule has 0 amide bonds. The number of fused-ring (bicyclic) bond motifs is 2. The molecule has 76 valence electrons. The van der Waals surface area contributed by atoms with Crippen LogP contribution in [-0.4, -0.2) is 11.5 Å². The second-order valence-electron chi connectivity index (χ2n) is 4.42. The van der Waals surface area contributed by atoms with Crippen LogP contribution in [0, 0.1) is 17.2 Å². The number of halogens is 1. The number of aromatic nitrogens is 1. The van der Waals surface area contributed by atoms with E-state index in [1.807, 2.05) is 6.07 Å². The highest BCUT2D eigenvalue weighted by molar-refractivity contribution is 6.30. The Balaban J connectivity index is 1.99. The molecule has 15 heavy (non-hydrogen) atoms. The summed E-state index contributed by atoms with van der Waals surface area (Å²) in [6.07, 6.45) is 3.53. The van der Waals surface area contributed by atoms with E-state index < -0.39 is 0 Å². The number of pyridine rings is 1. The molecule has 0 bridgehead atoms. The molecule has 3 nitrogen and oxygen atoms in total. The van der Waals surface area contributed by atoms with Crippen LogP contribution in [0.3, 0.4) is 0 Å². The van der Waals surface area contributed by atoms with Crippen molar-refractivity contribution >= 4 is 17.4 Å². The molecule has 0 saturated heterocycles. The fraction of sp³-hybridized carbons (Fsp3) is 0.455. The molecule has 2 aliphatic rings. The van der Waals surface area contributed by atoms with E-state index in [-0.39, 0.29) is 11.3 Å². The molecule has 1 N–H and O–H groups in total. The summed E-state index contributed by atoms with van der Waals surface area (Å²) >= 11 is 5.95. The molecule has 1 aliphatic carbocycles. The van der Waals surface area contributed by atoms with Crippen LogP contribution in [-0.2, 0) is 5.41 Å². The Morgan fingerprint density at radius 3 is 3.13 bits per heavy atom. The van der Waals surface area contributed by atoms with Crippen molar-refractivity contribution in [2.45, 2.75) is 18.3 Å². The van der Waals surface area contributed by atoms with Crippen LogP contribution in [0.5, 0.6) is 0 Å². The normalized spacial score (nSPS) is 31.6. The number of hydrogen-bond acceptors (Lipinski definition) is 3. The van der Waals surface area contributed by atoms with Crippen molar-refractivity contribution in [1.29, 1.82) is 5.26 Å². The zero-order valence-electron chi connectivity index (χ0n) is 8.13. The number of rotatable bonds is 0. The number of nitriles is 1. The smallest absolute Gasteiger partial charge is 0.129 e. The first-order valence-corrected chi connectivity index (χ1v) is 5.41. The van der Waals surface area contributed by atoms with Crippen molar-refractivity contribution in [3.63, 3.8) is 0 Å². The molecule has 3 rings (SSSR count). The summed E-state index contributed by atoms with van der Waals surface area (Å²) in [5, 5.41) is 12.8. The summed E-state index contributed by atoms with van der Waals surface area (Å²) in [6, 6.07) is 4.30. The van der Waals surface area contributed by atoms with Crippen LogP contribution in [0.2, 0.25) is 5.02 Å². The quantitative estimate of drug-likeness (QED) is 0.729. The minimum atomic E-state index is 0.133. The molecule has 4 heteroatoms. The van der Waals surface area contributed by atoms with E-state index >= 15 is 0 Å². The van der Waals surface area contributed by atoms with Gasteiger partial charge in [-0.15, -0.1) is 0 Å². The Kier molecular flexibility index (Phi) is 1.72.